The Morgan fingerprint density at radius 2 is 2.24 bits per heavy atom. The Balaban J connectivity index is 1.83. The fourth-order valence-electron chi connectivity index (χ4n) is 1.94. The van der Waals surface area contributed by atoms with E-state index in [0.29, 0.717) is 6.54 Å². The largest absolute Gasteiger partial charge is 0.376 e. The zero-order chi connectivity index (χ0) is 12.1. The number of carbonyl (C=O) groups is 1. The van der Waals surface area contributed by atoms with Crippen molar-refractivity contribution in [3.05, 3.63) is 35.9 Å². The molecule has 1 fully saturated rings. The molecule has 17 heavy (non-hydrogen) atoms. The van der Waals surface area contributed by atoms with Crippen LogP contribution >= 0.6 is 0 Å². The van der Waals surface area contributed by atoms with Crippen molar-refractivity contribution in [3.8, 4) is 0 Å². The molecular formula is C13H18N2O2. The van der Waals surface area contributed by atoms with E-state index in [1.165, 1.54) is 0 Å². The summed E-state index contributed by atoms with van der Waals surface area (Å²) in [5.41, 5.74) is 6.70. The molecule has 1 saturated heterocycles. The molecule has 0 bridgehead atoms. The Kier molecular flexibility index (Phi) is 4.12. The van der Waals surface area contributed by atoms with Crippen molar-refractivity contribution in [2.24, 2.45) is 5.73 Å². The first-order valence-electron chi connectivity index (χ1n) is 5.97. The summed E-state index contributed by atoms with van der Waals surface area (Å²) in [6.07, 6.45) is 2.24. The van der Waals surface area contributed by atoms with Gasteiger partial charge in [-0.2, -0.15) is 0 Å². The van der Waals surface area contributed by atoms with Crippen LogP contribution in [-0.4, -0.2) is 25.2 Å². The normalized spacial score (nSPS) is 21.1. The molecule has 0 aromatic heterocycles. The van der Waals surface area contributed by atoms with Crippen molar-refractivity contribution >= 4 is 5.91 Å². The average molecular weight is 234 g/mol. The van der Waals surface area contributed by atoms with Crippen molar-refractivity contribution in [2.45, 2.75) is 25.0 Å². The Hall–Kier alpha value is -1.39. The molecule has 1 aliphatic heterocycles. The van der Waals surface area contributed by atoms with Gasteiger partial charge >= 0.3 is 0 Å². The van der Waals surface area contributed by atoms with E-state index in [-0.39, 0.29) is 12.0 Å². The molecule has 1 unspecified atom stereocenters. The molecule has 0 saturated carbocycles. The van der Waals surface area contributed by atoms with Crippen LogP contribution < -0.4 is 11.1 Å². The summed E-state index contributed by atoms with van der Waals surface area (Å²) in [5.74, 6) is -0.147. The summed E-state index contributed by atoms with van der Waals surface area (Å²) in [7, 11) is 0. The van der Waals surface area contributed by atoms with E-state index in [9.17, 15) is 4.79 Å². The predicted octanol–water partition coefficient (Wildman–Crippen LogP) is 0.982. The molecule has 1 amide bonds. The van der Waals surface area contributed by atoms with Crippen LogP contribution in [0.25, 0.3) is 0 Å². The first kappa shape index (κ1) is 12.1. The lowest BCUT2D eigenvalue weighted by Crippen LogP contribution is -2.38. The number of benzene rings is 1. The first-order valence-corrected chi connectivity index (χ1v) is 5.97. The van der Waals surface area contributed by atoms with Crippen LogP contribution in [0.2, 0.25) is 0 Å². The molecule has 2 atom stereocenters. The van der Waals surface area contributed by atoms with E-state index < -0.39 is 6.04 Å². The van der Waals surface area contributed by atoms with Crippen molar-refractivity contribution in [1.29, 1.82) is 0 Å². The number of ether oxygens (including phenoxy) is 1. The molecule has 92 valence electrons. The molecule has 1 aromatic carbocycles. The predicted molar refractivity (Wildman–Crippen MR) is 65.4 cm³/mol. The van der Waals surface area contributed by atoms with Gasteiger partial charge in [-0.25, -0.2) is 0 Å². The van der Waals surface area contributed by atoms with Crippen LogP contribution in [0, 0.1) is 0 Å². The minimum Gasteiger partial charge on any atom is -0.376 e. The third-order valence-electron chi connectivity index (χ3n) is 2.97. The highest BCUT2D eigenvalue weighted by molar-refractivity contribution is 5.82. The Labute approximate surface area is 101 Å². The highest BCUT2D eigenvalue weighted by Gasteiger charge is 2.19. The smallest absolute Gasteiger partial charge is 0.241 e. The summed E-state index contributed by atoms with van der Waals surface area (Å²) in [6, 6.07) is 8.77. The highest BCUT2D eigenvalue weighted by atomic mass is 16.5. The highest BCUT2D eigenvalue weighted by Crippen LogP contribution is 2.12. The van der Waals surface area contributed by atoms with Crippen LogP contribution in [-0.2, 0) is 9.53 Å². The summed E-state index contributed by atoms with van der Waals surface area (Å²) >= 11 is 0. The van der Waals surface area contributed by atoms with E-state index in [2.05, 4.69) is 5.32 Å². The molecule has 4 nitrogen and oxygen atoms in total. The van der Waals surface area contributed by atoms with Gasteiger partial charge in [0.2, 0.25) is 5.91 Å². The molecule has 1 aromatic rings. The van der Waals surface area contributed by atoms with Crippen LogP contribution in [0.3, 0.4) is 0 Å². The Morgan fingerprint density at radius 1 is 1.47 bits per heavy atom. The van der Waals surface area contributed by atoms with Crippen molar-refractivity contribution < 1.29 is 9.53 Å². The van der Waals surface area contributed by atoms with Gasteiger partial charge in [-0.15, -0.1) is 0 Å². The van der Waals surface area contributed by atoms with E-state index in [4.69, 9.17) is 10.5 Å². The van der Waals surface area contributed by atoms with Gasteiger partial charge in [-0.1, -0.05) is 30.3 Å². The fraction of sp³-hybridized carbons (Fsp3) is 0.462. The quantitative estimate of drug-likeness (QED) is 0.816. The third-order valence-corrected chi connectivity index (χ3v) is 2.97. The lowest BCUT2D eigenvalue weighted by atomic mass is 10.1. The molecule has 0 radical (unpaired) electrons. The lowest BCUT2D eigenvalue weighted by molar-refractivity contribution is -0.123. The summed E-state index contributed by atoms with van der Waals surface area (Å²) in [4.78, 5) is 11.8. The fourth-order valence-corrected chi connectivity index (χ4v) is 1.94. The van der Waals surface area contributed by atoms with Gasteiger partial charge in [-0.05, 0) is 18.4 Å². The molecule has 0 spiro atoms. The van der Waals surface area contributed by atoms with Gasteiger partial charge in [0.1, 0.15) is 6.04 Å². The molecule has 2 rings (SSSR count). The van der Waals surface area contributed by atoms with E-state index in [1.807, 2.05) is 30.3 Å². The second kappa shape index (κ2) is 5.80. The van der Waals surface area contributed by atoms with Crippen molar-refractivity contribution in [1.82, 2.24) is 5.32 Å². The number of nitrogens with two attached hydrogens (primary N) is 1. The molecule has 4 heteroatoms. The first-order chi connectivity index (χ1) is 8.27. The van der Waals surface area contributed by atoms with Crippen molar-refractivity contribution in [2.75, 3.05) is 13.2 Å². The number of rotatable bonds is 4. The van der Waals surface area contributed by atoms with Gasteiger partial charge in [-0.3, -0.25) is 4.79 Å². The van der Waals surface area contributed by atoms with Gasteiger partial charge in [0.25, 0.3) is 0 Å². The third kappa shape index (κ3) is 3.28. The minimum absolute atomic E-state index is 0.147. The zero-order valence-electron chi connectivity index (χ0n) is 9.76. The van der Waals surface area contributed by atoms with Gasteiger partial charge < -0.3 is 15.8 Å². The molecule has 3 N–H and O–H groups in total. The second-order valence-corrected chi connectivity index (χ2v) is 4.27. The maximum atomic E-state index is 11.8. The van der Waals surface area contributed by atoms with Gasteiger partial charge in [0.15, 0.2) is 0 Å². The van der Waals surface area contributed by atoms with Crippen LogP contribution in [0.1, 0.15) is 24.4 Å². The van der Waals surface area contributed by atoms with Crippen LogP contribution in [0.4, 0.5) is 0 Å². The standard InChI is InChI=1S/C13H18N2O2/c14-12(10-5-2-1-3-6-10)13(16)15-9-11-7-4-8-17-11/h1-3,5-6,11-12H,4,7-9,14H2,(H,15,16)/t11?,12-/m0/s1. The number of amides is 1. The summed E-state index contributed by atoms with van der Waals surface area (Å²) < 4.78 is 5.43. The number of hydrogen-bond donors (Lipinski definition) is 2. The maximum Gasteiger partial charge on any atom is 0.241 e. The monoisotopic (exact) mass is 234 g/mol. The van der Waals surface area contributed by atoms with Crippen molar-refractivity contribution in [3.63, 3.8) is 0 Å². The second-order valence-electron chi connectivity index (χ2n) is 4.27. The van der Waals surface area contributed by atoms with E-state index >= 15 is 0 Å². The average Bonchev–Trinajstić information content (AvgIpc) is 2.89. The molecular weight excluding hydrogens is 216 g/mol. The van der Waals surface area contributed by atoms with Gasteiger partial charge in [0.05, 0.1) is 6.10 Å². The lowest BCUT2D eigenvalue weighted by Gasteiger charge is -2.15. The molecule has 1 heterocycles. The topological polar surface area (TPSA) is 64.4 Å². The Bertz CT molecular complexity index is 361. The number of hydrogen-bond acceptors (Lipinski definition) is 3. The number of carbonyl (C=O) groups excluding carboxylic acids is 1. The van der Waals surface area contributed by atoms with Gasteiger partial charge in [0, 0.05) is 13.2 Å². The van der Waals surface area contributed by atoms with E-state index in [0.717, 1.165) is 25.0 Å². The zero-order valence-corrected chi connectivity index (χ0v) is 9.76. The molecule has 0 aliphatic carbocycles. The summed E-state index contributed by atoms with van der Waals surface area (Å²) in [6.45, 7) is 1.35. The molecule has 1 aliphatic rings. The van der Waals surface area contributed by atoms with Crippen LogP contribution in [0.5, 0.6) is 0 Å². The maximum absolute atomic E-state index is 11.8. The minimum atomic E-state index is -0.599. The summed E-state index contributed by atoms with van der Waals surface area (Å²) in [5, 5.41) is 2.83. The van der Waals surface area contributed by atoms with E-state index in [1.54, 1.807) is 0 Å². The Morgan fingerprint density at radius 3 is 2.88 bits per heavy atom. The number of nitrogens with one attached hydrogen (secondary N) is 1. The SMILES string of the molecule is N[C@H](C(=O)NCC1CCCO1)c1ccccc1. The van der Waals surface area contributed by atoms with Crippen LogP contribution in [0.15, 0.2) is 30.3 Å².